The standard InChI is InChI=1S/C62H68N4O14S/c1-3-54(67)75-38-11-7-5-9-36-73-49-26-30-51(31-27-49)78-59(70)45-17-15-44(16-18-45)58(69)77-40-35-43-23-34-53(56-57(43)81-62(64-56)66-65-48-24-13-42(41-63)14-25-48)80-61(72)47-21-19-46(20-22-47)60(71)79-52-32-28-50(29-33-52)74-37-10-6-8-12-39-76-55(68)4-2/h3-4,13-14,23-34,44-47H,1-2,5-12,15-22,35-40H2. The molecule has 0 radical (unpaired) electrons. The van der Waals surface area contributed by atoms with E-state index in [1.807, 2.05) is 6.07 Å². The summed E-state index contributed by atoms with van der Waals surface area (Å²) in [5, 5.41) is 18.2. The molecule has 0 atom stereocenters. The molecule has 2 saturated carbocycles. The summed E-state index contributed by atoms with van der Waals surface area (Å²) in [6.45, 7) is 8.65. The van der Waals surface area contributed by atoms with E-state index in [9.17, 15) is 34.0 Å². The number of fused-ring (bicyclic) bond motifs is 1. The monoisotopic (exact) mass is 1120 g/mol. The Morgan fingerprint density at radius 2 is 0.963 bits per heavy atom. The van der Waals surface area contributed by atoms with Crippen LogP contribution in [0.1, 0.15) is 114 Å². The predicted octanol–water partition coefficient (Wildman–Crippen LogP) is 12.7. The number of unbranched alkanes of at least 4 members (excludes halogenated alkanes) is 6. The molecule has 0 bridgehead atoms. The number of azo groups is 1. The number of nitriles is 1. The molecule has 426 valence electrons. The van der Waals surface area contributed by atoms with Crippen molar-refractivity contribution in [3.8, 4) is 34.8 Å². The Morgan fingerprint density at radius 3 is 1.43 bits per heavy atom. The number of thiazole rings is 1. The van der Waals surface area contributed by atoms with Gasteiger partial charge in [-0.2, -0.15) is 5.26 Å². The normalized spacial score (nSPS) is 16.8. The van der Waals surface area contributed by atoms with Crippen LogP contribution in [-0.4, -0.2) is 73.8 Å². The number of ether oxygens (including phenoxy) is 8. The minimum Gasteiger partial charge on any atom is -0.494 e. The van der Waals surface area contributed by atoms with Crippen LogP contribution in [0.15, 0.2) is 120 Å². The van der Waals surface area contributed by atoms with E-state index >= 15 is 0 Å². The third kappa shape index (κ3) is 19.5. The highest BCUT2D eigenvalue weighted by Gasteiger charge is 2.34. The van der Waals surface area contributed by atoms with Gasteiger partial charge in [0.25, 0.3) is 0 Å². The molecule has 7 rings (SSSR count). The summed E-state index contributed by atoms with van der Waals surface area (Å²) in [4.78, 5) is 80.3. The van der Waals surface area contributed by atoms with Crippen molar-refractivity contribution in [2.24, 2.45) is 33.9 Å². The Morgan fingerprint density at radius 1 is 0.519 bits per heavy atom. The van der Waals surface area contributed by atoms with Crippen LogP contribution < -0.4 is 23.7 Å². The van der Waals surface area contributed by atoms with Crippen LogP contribution >= 0.6 is 11.3 Å². The van der Waals surface area contributed by atoms with Crippen molar-refractivity contribution in [1.82, 2.24) is 4.98 Å². The third-order valence-electron chi connectivity index (χ3n) is 14.0. The van der Waals surface area contributed by atoms with Crippen LogP contribution in [-0.2, 0) is 49.4 Å². The zero-order valence-corrected chi connectivity index (χ0v) is 46.2. The molecule has 19 heteroatoms. The maximum atomic E-state index is 13.7. The van der Waals surface area contributed by atoms with Gasteiger partial charge in [-0.15, -0.1) is 10.2 Å². The lowest BCUT2D eigenvalue weighted by Crippen LogP contribution is -2.30. The van der Waals surface area contributed by atoms with E-state index in [2.05, 4.69) is 29.5 Å². The van der Waals surface area contributed by atoms with Gasteiger partial charge in [0, 0.05) is 18.6 Å². The second kappa shape index (κ2) is 32.1. The molecule has 0 unspecified atom stereocenters. The molecule has 1 aromatic heterocycles. The average molecular weight is 1130 g/mol. The topological polar surface area (TPSA) is 238 Å². The number of benzene rings is 4. The summed E-state index contributed by atoms with van der Waals surface area (Å²) < 4.78 is 45.5. The van der Waals surface area contributed by atoms with Crippen LogP contribution in [0.25, 0.3) is 10.2 Å². The zero-order chi connectivity index (χ0) is 57.2. The van der Waals surface area contributed by atoms with E-state index in [4.69, 9.17) is 42.9 Å². The lowest BCUT2D eigenvalue weighted by Gasteiger charge is -2.26. The zero-order valence-electron chi connectivity index (χ0n) is 45.4. The van der Waals surface area contributed by atoms with E-state index in [0.717, 1.165) is 69.1 Å². The van der Waals surface area contributed by atoms with Crippen LogP contribution in [0.4, 0.5) is 10.8 Å². The highest BCUT2D eigenvalue weighted by molar-refractivity contribution is 7.22. The molecule has 5 aromatic rings. The molecule has 2 aliphatic rings. The first kappa shape index (κ1) is 60.4. The van der Waals surface area contributed by atoms with Gasteiger partial charge in [0.2, 0.25) is 5.13 Å². The molecule has 0 amide bonds. The Hall–Kier alpha value is -8.24. The van der Waals surface area contributed by atoms with Crippen molar-refractivity contribution in [3.05, 3.63) is 121 Å². The van der Waals surface area contributed by atoms with E-state index in [1.54, 1.807) is 78.9 Å². The predicted molar refractivity (Wildman–Crippen MR) is 301 cm³/mol. The van der Waals surface area contributed by atoms with E-state index in [-0.39, 0.29) is 48.0 Å². The minimum absolute atomic E-state index is 0.0798. The lowest BCUT2D eigenvalue weighted by atomic mass is 9.82. The van der Waals surface area contributed by atoms with Crippen LogP contribution in [0.3, 0.4) is 0 Å². The molecular formula is C62H68N4O14S. The first-order chi connectivity index (χ1) is 39.5. The average Bonchev–Trinajstić information content (AvgIpc) is 4.09. The van der Waals surface area contributed by atoms with Gasteiger partial charge in [0.1, 0.15) is 28.5 Å². The molecule has 4 aromatic carbocycles. The van der Waals surface area contributed by atoms with Crippen molar-refractivity contribution in [2.45, 2.75) is 109 Å². The number of nitrogens with zero attached hydrogens (tertiary/aromatic N) is 4. The SMILES string of the molecule is C=CC(=O)OCCCCCCOc1ccc(OC(=O)C2CCC(C(=O)OCCc3ccc(OC(=O)C4CCC(C(=O)Oc5ccc(OCCCCCCOC(=O)C=C)cc5)CC4)c4nc(N=Nc5ccc(C#N)cc5)sc34)CC2)cc1. The minimum atomic E-state index is -0.453. The van der Waals surface area contributed by atoms with Gasteiger partial charge in [0.15, 0.2) is 5.75 Å². The van der Waals surface area contributed by atoms with Crippen molar-refractivity contribution in [1.29, 1.82) is 5.26 Å². The summed E-state index contributed by atoms with van der Waals surface area (Å²) in [6.07, 6.45) is 13.3. The number of carbonyl (C=O) groups excluding carboxylic acids is 6. The highest BCUT2D eigenvalue weighted by atomic mass is 32.1. The Labute approximate surface area is 475 Å². The second-order valence-corrected chi connectivity index (χ2v) is 20.7. The number of hydrogen-bond donors (Lipinski definition) is 0. The molecule has 2 aliphatic carbocycles. The molecule has 0 spiro atoms. The fourth-order valence-electron chi connectivity index (χ4n) is 9.32. The quantitative estimate of drug-likeness (QED) is 0.0104. The number of esters is 6. The van der Waals surface area contributed by atoms with Crippen molar-refractivity contribution in [2.75, 3.05) is 33.0 Å². The van der Waals surface area contributed by atoms with Crippen LogP contribution in [0, 0.1) is 35.0 Å². The lowest BCUT2D eigenvalue weighted by molar-refractivity contribution is -0.152. The Kier molecular flexibility index (Phi) is 24.0. The smallest absolute Gasteiger partial charge is 0.330 e. The molecular weight excluding hydrogens is 1060 g/mol. The summed E-state index contributed by atoms with van der Waals surface area (Å²) in [5.41, 5.74) is 2.20. The fraction of sp³-hybridized carbons (Fsp3) is 0.419. The molecule has 81 heavy (non-hydrogen) atoms. The van der Waals surface area contributed by atoms with Crippen molar-refractivity contribution >= 4 is 68.2 Å². The van der Waals surface area contributed by atoms with Gasteiger partial charge in [-0.25, -0.2) is 14.6 Å². The van der Waals surface area contributed by atoms with Gasteiger partial charge in [-0.1, -0.05) is 30.6 Å². The third-order valence-corrected chi connectivity index (χ3v) is 15.0. The first-order valence-corrected chi connectivity index (χ1v) is 28.5. The van der Waals surface area contributed by atoms with Gasteiger partial charge < -0.3 is 37.9 Å². The maximum Gasteiger partial charge on any atom is 0.330 e. The second-order valence-electron chi connectivity index (χ2n) is 19.7. The van der Waals surface area contributed by atoms with Crippen molar-refractivity contribution < 1.29 is 66.7 Å². The van der Waals surface area contributed by atoms with E-state index in [0.29, 0.717) is 134 Å². The summed E-state index contributed by atoms with van der Waals surface area (Å²) in [6, 6.07) is 26.0. The molecule has 2 fully saturated rings. The van der Waals surface area contributed by atoms with E-state index in [1.165, 1.54) is 11.3 Å². The number of carbonyl (C=O) groups is 6. The maximum absolute atomic E-state index is 13.7. The molecule has 0 saturated heterocycles. The first-order valence-electron chi connectivity index (χ1n) is 27.7. The fourth-order valence-corrected chi connectivity index (χ4v) is 10.3. The van der Waals surface area contributed by atoms with Gasteiger partial charge in [-0.3, -0.25) is 19.2 Å². The number of hydrogen-bond acceptors (Lipinski definition) is 19. The Bertz CT molecular complexity index is 2990. The Balaban J connectivity index is 0.850. The summed E-state index contributed by atoms with van der Waals surface area (Å²) in [7, 11) is 0. The molecule has 1 heterocycles. The van der Waals surface area contributed by atoms with Crippen LogP contribution in [0.5, 0.6) is 28.7 Å². The molecule has 18 nitrogen and oxygen atoms in total. The van der Waals surface area contributed by atoms with Gasteiger partial charge in [-0.05, 0) is 187 Å². The highest BCUT2D eigenvalue weighted by Crippen LogP contribution is 2.39. The van der Waals surface area contributed by atoms with Crippen LogP contribution in [0.2, 0.25) is 0 Å². The number of rotatable bonds is 30. The summed E-state index contributed by atoms with van der Waals surface area (Å²) in [5.74, 6) is -1.45. The van der Waals surface area contributed by atoms with Gasteiger partial charge in [0.05, 0.1) is 78.7 Å². The van der Waals surface area contributed by atoms with Crippen molar-refractivity contribution in [3.63, 3.8) is 0 Å². The molecule has 0 N–H and O–H groups in total. The van der Waals surface area contributed by atoms with E-state index < -0.39 is 23.8 Å². The molecule has 0 aliphatic heterocycles. The number of aromatic nitrogens is 1. The summed E-state index contributed by atoms with van der Waals surface area (Å²) >= 11 is 1.25. The largest absolute Gasteiger partial charge is 0.494 e. The van der Waals surface area contributed by atoms with Gasteiger partial charge >= 0.3 is 35.8 Å².